The Morgan fingerprint density at radius 3 is 2.19 bits per heavy atom. The van der Waals surface area contributed by atoms with Crippen molar-refractivity contribution in [3.05, 3.63) is 52.5 Å². The van der Waals surface area contributed by atoms with Crippen LogP contribution in [0.1, 0.15) is 25.0 Å². The Morgan fingerprint density at radius 1 is 1.11 bits per heavy atom. The number of nitrogens with one attached hydrogen (secondary N) is 2. The number of carbonyl (C=O) groups excluding carboxylic acids is 1. The first kappa shape index (κ1) is 21.2. The van der Waals surface area contributed by atoms with E-state index < -0.39 is 10.0 Å². The van der Waals surface area contributed by atoms with Crippen molar-refractivity contribution in [1.82, 2.24) is 4.72 Å². The van der Waals surface area contributed by atoms with E-state index in [-0.39, 0.29) is 23.5 Å². The maximum atomic E-state index is 12.1. The number of halogens is 1. The second-order valence-electron chi connectivity index (χ2n) is 6.51. The standard InChI is InChI=1S/C19H23ClN2O4S/c1-12(2)22-27(24,25)17-7-5-15(6-8-17)21-18(23)11-26-16-9-13(3)19(20)14(4)10-16/h5-10,12,22H,11H2,1-4H3,(H,21,23). The van der Waals surface area contributed by atoms with Crippen LogP contribution in [-0.4, -0.2) is 27.0 Å². The predicted octanol–water partition coefficient (Wildman–Crippen LogP) is 3.66. The number of hydrogen-bond donors (Lipinski definition) is 2. The van der Waals surface area contributed by atoms with Gasteiger partial charge in [-0.1, -0.05) is 11.6 Å². The molecule has 146 valence electrons. The van der Waals surface area contributed by atoms with E-state index in [1.807, 2.05) is 13.8 Å². The average molecular weight is 411 g/mol. The zero-order valence-electron chi connectivity index (χ0n) is 15.7. The van der Waals surface area contributed by atoms with Gasteiger partial charge in [-0.25, -0.2) is 13.1 Å². The van der Waals surface area contributed by atoms with Crippen LogP contribution >= 0.6 is 11.6 Å². The third kappa shape index (κ3) is 5.95. The molecule has 2 N–H and O–H groups in total. The van der Waals surface area contributed by atoms with Crippen molar-refractivity contribution in [2.24, 2.45) is 0 Å². The summed E-state index contributed by atoms with van der Waals surface area (Å²) >= 11 is 6.11. The monoisotopic (exact) mass is 410 g/mol. The second kappa shape index (κ2) is 8.73. The summed E-state index contributed by atoms with van der Waals surface area (Å²) in [7, 11) is -3.56. The van der Waals surface area contributed by atoms with Gasteiger partial charge in [0.25, 0.3) is 5.91 Å². The molecule has 2 aromatic carbocycles. The number of aryl methyl sites for hydroxylation is 2. The molecule has 0 aliphatic carbocycles. The van der Waals surface area contributed by atoms with Gasteiger partial charge in [0.15, 0.2) is 6.61 Å². The fourth-order valence-electron chi connectivity index (χ4n) is 2.43. The molecule has 6 nitrogen and oxygen atoms in total. The van der Waals surface area contributed by atoms with Crippen molar-refractivity contribution < 1.29 is 17.9 Å². The van der Waals surface area contributed by atoms with E-state index in [0.29, 0.717) is 16.5 Å². The van der Waals surface area contributed by atoms with Crippen molar-refractivity contribution >= 4 is 33.2 Å². The van der Waals surface area contributed by atoms with Crippen LogP contribution in [0.5, 0.6) is 5.75 Å². The van der Waals surface area contributed by atoms with Crippen LogP contribution in [0.25, 0.3) is 0 Å². The van der Waals surface area contributed by atoms with E-state index in [4.69, 9.17) is 16.3 Å². The van der Waals surface area contributed by atoms with Gasteiger partial charge < -0.3 is 10.1 Å². The molecule has 0 bridgehead atoms. The van der Waals surface area contributed by atoms with Gasteiger partial charge in [-0.05, 0) is 75.2 Å². The minimum absolute atomic E-state index is 0.137. The Hall–Kier alpha value is -2.09. The molecule has 0 saturated carbocycles. The van der Waals surface area contributed by atoms with Crippen LogP contribution in [0.2, 0.25) is 5.02 Å². The summed E-state index contributed by atoms with van der Waals surface area (Å²) in [5.74, 6) is 0.210. The van der Waals surface area contributed by atoms with Gasteiger partial charge in [0.05, 0.1) is 4.90 Å². The highest BCUT2D eigenvalue weighted by Gasteiger charge is 2.15. The summed E-state index contributed by atoms with van der Waals surface area (Å²) in [6.45, 7) is 7.05. The van der Waals surface area contributed by atoms with Crippen molar-refractivity contribution in [3.63, 3.8) is 0 Å². The summed E-state index contributed by atoms with van der Waals surface area (Å²) in [4.78, 5) is 12.2. The highest BCUT2D eigenvalue weighted by atomic mass is 35.5. The molecule has 0 saturated heterocycles. The second-order valence-corrected chi connectivity index (χ2v) is 8.60. The Labute approximate surface area is 164 Å². The summed E-state index contributed by atoms with van der Waals surface area (Å²) in [6, 6.07) is 9.27. The first-order valence-electron chi connectivity index (χ1n) is 8.40. The van der Waals surface area contributed by atoms with Gasteiger partial charge in [0, 0.05) is 16.8 Å². The molecule has 2 rings (SSSR count). The summed E-state index contributed by atoms with van der Waals surface area (Å²) in [5.41, 5.74) is 2.23. The molecule has 0 unspecified atom stereocenters. The number of ether oxygens (including phenoxy) is 1. The Balaban J connectivity index is 1.96. The SMILES string of the molecule is Cc1cc(OCC(=O)Nc2ccc(S(=O)(=O)NC(C)C)cc2)cc(C)c1Cl. The largest absolute Gasteiger partial charge is 0.484 e. The van der Waals surface area contributed by atoms with Crippen LogP contribution in [0.4, 0.5) is 5.69 Å². The maximum Gasteiger partial charge on any atom is 0.262 e. The average Bonchev–Trinajstić information content (AvgIpc) is 2.57. The third-order valence-electron chi connectivity index (χ3n) is 3.62. The predicted molar refractivity (Wildman–Crippen MR) is 107 cm³/mol. The van der Waals surface area contributed by atoms with Crippen molar-refractivity contribution in [2.45, 2.75) is 38.6 Å². The molecule has 27 heavy (non-hydrogen) atoms. The number of anilines is 1. The van der Waals surface area contributed by atoms with Crippen LogP contribution in [-0.2, 0) is 14.8 Å². The number of hydrogen-bond acceptors (Lipinski definition) is 4. The lowest BCUT2D eigenvalue weighted by atomic mass is 10.1. The molecular formula is C19H23ClN2O4S. The lowest BCUT2D eigenvalue weighted by molar-refractivity contribution is -0.118. The number of rotatable bonds is 7. The molecule has 0 aliphatic rings. The molecule has 2 aromatic rings. The highest BCUT2D eigenvalue weighted by Crippen LogP contribution is 2.25. The molecular weight excluding hydrogens is 388 g/mol. The Morgan fingerprint density at radius 2 is 1.67 bits per heavy atom. The van der Waals surface area contributed by atoms with Gasteiger partial charge in [-0.2, -0.15) is 0 Å². The minimum atomic E-state index is -3.56. The Bertz CT molecular complexity index is 902. The smallest absolute Gasteiger partial charge is 0.262 e. The van der Waals surface area contributed by atoms with Gasteiger partial charge in [0.2, 0.25) is 10.0 Å². The van der Waals surface area contributed by atoms with Crippen LogP contribution < -0.4 is 14.8 Å². The van der Waals surface area contributed by atoms with Crippen LogP contribution in [0.15, 0.2) is 41.3 Å². The molecule has 0 spiro atoms. The summed E-state index contributed by atoms with van der Waals surface area (Å²) < 4.78 is 32.2. The van der Waals surface area contributed by atoms with E-state index in [1.165, 1.54) is 24.3 Å². The lowest BCUT2D eigenvalue weighted by Gasteiger charge is -2.11. The normalized spacial score (nSPS) is 11.5. The molecule has 0 aromatic heterocycles. The van der Waals surface area contributed by atoms with E-state index in [0.717, 1.165) is 11.1 Å². The van der Waals surface area contributed by atoms with Crippen LogP contribution in [0, 0.1) is 13.8 Å². The molecule has 0 fully saturated rings. The van der Waals surface area contributed by atoms with Crippen molar-refractivity contribution in [3.8, 4) is 5.75 Å². The molecule has 0 radical (unpaired) electrons. The van der Waals surface area contributed by atoms with Crippen molar-refractivity contribution in [1.29, 1.82) is 0 Å². The molecule has 0 atom stereocenters. The van der Waals surface area contributed by atoms with Gasteiger partial charge in [-0.3, -0.25) is 4.79 Å². The Kier molecular flexibility index (Phi) is 6.86. The van der Waals surface area contributed by atoms with E-state index in [9.17, 15) is 13.2 Å². The lowest BCUT2D eigenvalue weighted by Crippen LogP contribution is -2.30. The number of amides is 1. The minimum Gasteiger partial charge on any atom is -0.484 e. The molecule has 0 heterocycles. The number of carbonyl (C=O) groups is 1. The van der Waals surface area contributed by atoms with E-state index >= 15 is 0 Å². The van der Waals surface area contributed by atoms with E-state index in [1.54, 1.807) is 26.0 Å². The molecule has 1 amide bonds. The first-order valence-corrected chi connectivity index (χ1v) is 10.3. The molecule has 0 aliphatic heterocycles. The van der Waals surface area contributed by atoms with Crippen LogP contribution in [0.3, 0.4) is 0 Å². The maximum absolute atomic E-state index is 12.1. The van der Waals surface area contributed by atoms with Gasteiger partial charge in [0.1, 0.15) is 5.75 Å². The summed E-state index contributed by atoms with van der Waals surface area (Å²) in [5, 5.41) is 3.34. The highest BCUT2D eigenvalue weighted by molar-refractivity contribution is 7.89. The number of sulfonamides is 1. The zero-order chi connectivity index (χ0) is 20.2. The third-order valence-corrected chi connectivity index (χ3v) is 5.89. The van der Waals surface area contributed by atoms with Crippen molar-refractivity contribution in [2.75, 3.05) is 11.9 Å². The zero-order valence-corrected chi connectivity index (χ0v) is 17.2. The van der Waals surface area contributed by atoms with Gasteiger partial charge >= 0.3 is 0 Å². The van der Waals surface area contributed by atoms with E-state index in [2.05, 4.69) is 10.0 Å². The number of benzene rings is 2. The quantitative estimate of drug-likeness (QED) is 0.729. The first-order chi connectivity index (χ1) is 12.6. The topological polar surface area (TPSA) is 84.5 Å². The summed E-state index contributed by atoms with van der Waals surface area (Å²) in [6.07, 6.45) is 0. The molecule has 8 heteroatoms. The fourth-order valence-corrected chi connectivity index (χ4v) is 3.79. The van der Waals surface area contributed by atoms with Gasteiger partial charge in [-0.15, -0.1) is 0 Å². The fraction of sp³-hybridized carbons (Fsp3) is 0.316.